The molecule has 1 aromatic carbocycles. The fourth-order valence-electron chi connectivity index (χ4n) is 2.49. The quantitative estimate of drug-likeness (QED) is 0.809. The molecule has 0 spiro atoms. The van der Waals surface area contributed by atoms with Crippen LogP contribution < -0.4 is 14.2 Å². The summed E-state index contributed by atoms with van der Waals surface area (Å²) in [6, 6.07) is 3.64. The highest BCUT2D eigenvalue weighted by molar-refractivity contribution is 5.95. The molecule has 0 radical (unpaired) electrons. The predicted molar refractivity (Wildman–Crippen MR) is 80.4 cm³/mol. The summed E-state index contributed by atoms with van der Waals surface area (Å²) in [6.07, 6.45) is 2.40. The van der Waals surface area contributed by atoms with Gasteiger partial charge in [0.05, 0.1) is 21.3 Å². The molecule has 1 fully saturated rings. The zero-order valence-electron chi connectivity index (χ0n) is 13.3. The van der Waals surface area contributed by atoms with E-state index < -0.39 is 0 Å². The van der Waals surface area contributed by atoms with E-state index in [9.17, 15) is 4.79 Å². The topological polar surface area (TPSA) is 48.0 Å². The molecule has 1 amide bonds. The lowest BCUT2D eigenvalue weighted by molar-refractivity contribution is 0.0726. The van der Waals surface area contributed by atoms with Crippen molar-refractivity contribution in [3.8, 4) is 17.2 Å². The molecule has 0 saturated heterocycles. The van der Waals surface area contributed by atoms with Crippen molar-refractivity contribution >= 4 is 5.91 Å². The van der Waals surface area contributed by atoms with E-state index in [1.165, 1.54) is 12.8 Å². The third-order valence-electron chi connectivity index (χ3n) is 4.15. The summed E-state index contributed by atoms with van der Waals surface area (Å²) < 4.78 is 15.9. The van der Waals surface area contributed by atoms with E-state index in [-0.39, 0.29) is 11.9 Å². The Morgan fingerprint density at radius 2 is 1.67 bits per heavy atom. The van der Waals surface area contributed by atoms with E-state index in [4.69, 9.17) is 14.2 Å². The fourth-order valence-corrected chi connectivity index (χ4v) is 2.49. The molecule has 0 heterocycles. The highest BCUT2D eigenvalue weighted by Gasteiger charge is 2.33. The third kappa shape index (κ3) is 3.06. The van der Waals surface area contributed by atoms with Crippen LogP contribution in [-0.4, -0.2) is 45.2 Å². The third-order valence-corrected chi connectivity index (χ3v) is 4.15. The fraction of sp³-hybridized carbons (Fsp3) is 0.562. The first-order valence-electron chi connectivity index (χ1n) is 7.10. The van der Waals surface area contributed by atoms with Gasteiger partial charge in [0.25, 0.3) is 5.91 Å². The number of hydrogen-bond acceptors (Lipinski definition) is 4. The van der Waals surface area contributed by atoms with Gasteiger partial charge in [-0.25, -0.2) is 0 Å². The van der Waals surface area contributed by atoms with Gasteiger partial charge in [0.15, 0.2) is 11.5 Å². The van der Waals surface area contributed by atoms with Crippen molar-refractivity contribution in [1.29, 1.82) is 0 Å². The van der Waals surface area contributed by atoms with Gasteiger partial charge in [0, 0.05) is 18.7 Å². The van der Waals surface area contributed by atoms with E-state index in [1.54, 1.807) is 38.4 Å². The van der Waals surface area contributed by atoms with Crippen LogP contribution in [0, 0.1) is 5.92 Å². The smallest absolute Gasteiger partial charge is 0.254 e. The maximum atomic E-state index is 12.6. The Balaban J connectivity index is 2.31. The highest BCUT2D eigenvalue weighted by Crippen LogP contribution is 2.39. The van der Waals surface area contributed by atoms with Crippen molar-refractivity contribution in [2.45, 2.75) is 25.8 Å². The minimum Gasteiger partial charge on any atom is -0.493 e. The summed E-state index contributed by atoms with van der Waals surface area (Å²) >= 11 is 0. The molecular formula is C16H23NO4. The number of rotatable bonds is 6. The lowest BCUT2D eigenvalue weighted by atomic mass is 10.1. The Bertz CT molecular complexity index is 500. The molecule has 116 valence electrons. The van der Waals surface area contributed by atoms with E-state index in [2.05, 4.69) is 6.92 Å². The average molecular weight is 293 g/mol. The van der Waals surface area contributed by atoms with Crippen molar-refractivity contribution in [3.05, 3.63) is 17.7 Å². The van der Waals surface area contributed by atoms with Crippen LogP contribution in [0.4, 0.5) is 0 Å². The predicted octanol–water partition coefficient (Wildman–Crippen LogP) is 2.58. The first-order valence-corrected chi connectivity index (χ1v) is 7.10. The molecule has 0 aromatic heterocycles. The molecule has 1 aliphatic carbocycles. The van der Waals surface area contributed by atoms with Gasteiger partial charge in [-0.2, -0.15) is 0 Å². The van der Waals surface area contributed by atoms with E-state index in [0.717, 1.165) is 0 Å². The maximum Gasteiger partial charge on any atom is 0.254 e. The van der Waals surface area contributed by atoms with Gasteiger partial charge in [-0.15, -0.1) is 0 Å². The molecular weight excluding hydrogens is 270 g/mol. The number of amides is 1. The maximum absolute atomic E-state index is 12.6. The number of methoxy groups -OCH3 is 3. The van der Waals surface area contributed by atoms with Crippen LogP contribution in [0.2, 0.25) is 0 Å². The van der Waals surface area contributed by atoms with Crippen molar-refractivity contribution in [1.82, 2.24) is 4.90 Å². The average Bonchev–Trinajstić information content (AvgIpc) is 3.35. The number of hydrogen-bond donors (Lipinski definition) is 0. The summed E-state index contributed by atoms with van der Waals surface area (Å²) in [5, 5.41) is 0. The van der Waals surface area contributed by atoms with Gasteiger partial charge >= 0.3 is 0 Å². The SMILES string of the molecule is COc1cc(C(=O)N(C)C(C)C2CC2)cc(OC)c1OC. The molecule has 0 aliphatic heterocycles. The highest BCUT2D eigenvalue weighted by atomic mass is 16.5. The normalized spacial score (nSPS) is 15.3. The molecule has 1 aromatic rings. The van der Waals surface area contributed by atoms with Crippen molar-refractivity contribution < 1.29 is 19.0 Å². The first kappa shape index (κ1) is 15.5. The van der Waals surface area contributed by atoms with Crippen molar-refractivity contribution in [2.75, 3.05) is 28.4 Å². The van der Waals surface area contributed by atoms with Gasteiger partial charge in [-0.3, -0.25) is 4.79 Å². The first-order chi connectivity index (χ1) is 10.0. The largest absolute Gasteiger partial charge is 0.493 e. The molecule has 1 unspecified atom stereocenters. The second-order valence-electron chi connectivity index (χ2n) is 5.41. The van der Waals surface area contributed by atoms with E-state index >= 15 is 0 Å². The van der Waals surface area contributed by atoms with Crippen LogP contribution in [0.15, 0.2) is 12.1 Å². The Kier molecular flexibility index (Phi) is 4.60. The summed E-state index contributed by atoms with van der Waals surface area (Å²) in [4.78, 5) is 14.4. The van der Waals surface area contributed by atoms with Gasteiger partial charge < -0.3 is 19.1 Å². The minimum absolute atomic E-state index is 0.0337. The molecule has 1 atom stereocenters. The summed E-state index contributed by atoms with van der Waals surface area (Å²) in [7, 11) is 6.47. The van der Waals surface area contributed by atoms with Crippen LogP contribution in [0.5, 0.6) is 17.2 Å². The lowest BCUT2D eigenvalue weighted by Gasteiger charge is -2.25. The number of carbonyl (C=O) groups is 1. The molecule has 5 heteroatoms. The second-order valence-corrected chi connectivity index (χ2v) is 5.41. The summed E-state index contributed by atoms with van der Waals surface area (Å²) in [5.74, 6) is 2.07. The van der Waals surface area contributed by atoms with Gasteiger partial charge in [-0.05, 0) is 37.8 Å². The van der Waals surface area contributed by atoms with Crippen molar-refractivity contribution in [2.24, 2.45) is 5.92 Å². The zero-order chi connectivity index (χ0) is 15.6. The Morgan fingerprint density at radius 3 is 2.05 bits per heavy atom. The van der Waals surface area contributed by atoms with Gasteiger partial charge in [0.1, 0.15) is 0 Å². The Hall–Kier alpha value is -1.91. The van der Waals surface area contributed by atoms with Gasteiger partial charge in [-0.1, -0.05) is 0 Å². The monoisotopic (exact) mass is 293 g/mol. The van der Waals surface area contributed by atoms with Gasteiger partial charge in [0.2, 0.25) is 5.75 Å². The van der Waals surface area contributed by atoms with E-state index in [1.807, 2.05) is 7.05 Å². The van der Waals surface area contributed by atoms with E-state index in [0.29, 0.717) is 28.7 Å². The molecule has 21 heavy (non-hydrogen) atoms. The molecule has 1 aliphatic rings. The molecule has 0 N–H and O–H groups in total. The molecule has 2 rings (SSSR count). The van der Waals surface area contributed by atoms with Crippen LogP contribution >= 0.6 is 0 Å². The van der Waals surface area contributed by atoms with Crippen LogP contribution in [0.3, 0.4) is 0 Å². The molecule has 0 bridgehead atoms. The Labute approximate surface area is 125 Å². The van der Waals surface area contributed by atoms with Crippen molar-refractivity contribution in [3.63, 3.8) is 0 Å². The molecule has 5 nitrogen and oxygen atoms in total. The second kappa shape index (κ2) is 6.24. The number of benzene rings is 1. The zero-order valence-corrected chi connectivity index (χ0v) is 13.3. The lowest BCUT2D eigenvalue weighted by Crippen LogP contribution is -2.36. The standard InChI is InChI=1S/C16H23NO4/c1-10(11-6-7-11)17(2)16(18)12-8-13(19-3)15(21-5)14(9-12)20-4/h8-11H,6-7H2,1-5H3. The summed E-state index contributed by atoms with van der Waals surface area (Å²) in [5.41, 5.74) is 0.541. The Morgan fingerprint density at radius 1 is 1.14 bits per heavy atom. The summed E-state index contributed by atoms with van der Waals surface area (Å²) in [6.45, 7) is 2.09. The number of nitrogens with zero attached hydrogens (tertiary/aromatic N) is 1. The van der Waals surface area contributed by atoms with Crippen LogP contribution in [-0.2, 0) is 0 Å². The number of carbonyl (C=O) groups excluding carboxylic acids is 1. The minimum atomic E-state index is -0.0337. The molecule has 1 saturated carbocycles. The van der Waals surface area contributed by atoms with Crippen LogP contribution in [0.25, 0.3) is 0 Å². The number of ether oxygens (including phenoxy) is 3. The van der Waals surface area contributed by atoms with Crippen LogP contribution in [0.1, 0.15) is 30.1 Å².